The minimum absolute atomic E-state index is 0.437. The summed E-state index contributed by atoms with van der Waals surface area (Å²) in [5, 5.41) is -5.18. The Kier molecular flexibility index (Phi) is 5.72. The Morgan fingerprint density at radius 2 is 1.30 bits per heavy atom. The molecule has 0 spiro atoms. The van der Waals surface area contributed by atoms with Crippen LogP contribution in [0, 0.1) is 0 Å². The average molecular weight is 322 g/mol. The van der Waals surface area contributed by atoms with E-state index in [0.29, 0.717) is 0 Å². The highest BCUT2D eigenvalue weighted by Crippen LogP contribution is 2.34. The van der Waals surface area contributed by atoms with E-state index in [9.17, 15) is 40.0 Å². The Labute approximate surface area is 109 Å². The van der Waals surface area contributed by atoms with Crippen LogP contribution in [-0.4, -0.2) is 36.0 Å². The SMILES string of the molecule is O=C1C=CC=CC1=O.O=S(=O)(O)C(F)(F)CC(F)(F)F. The molecule has 0 saturated heterocycles. The molecule has 0 aromatic carbocycles. The Bertz CT molecular complexity index is 522. The average Bonchev–Trinajstić information content (AvgIpc) is 2.18. The fourth-order valence-corrected chi connectivity index (χ4v) is 1.12. The molecule has 0 atom stereocenters. The fourth-order valence-electron chi connectivity index (χ4n) is 0.775. The lowest BCUT2D eigenvalue weighted by atomic mass is 10.1. The van der Waals surface area contributed by atoms with Crippen molar-refractivity contribution in [1.82, 2.24) is 0 Å². The monoisotopic (exact) mass is 322 g/mol. The van der Waals surface area contributed by atoms with Crippen LogP contribution in [0.25, 0.3) is 0 Å². The van der Waals surface area contributed by atoms with Gasteiger partial charge >= 0.3 is 21.5 Å². The molecule has 0 unspecified atom stereocenters. The number of ketones is 2. The summed E-state index contributed by atoms with van der Waals surface area (Å²) in [5.74, 6) is -0.875. The fraction of sp³-hybridized carbons (Fsp3) is 0.333. The molecule has 1 rings (SSSR count). The van der Waals surface area contributed by atoms with Crippen molar-refractivity contribution in [3.05, 3.63) is 24.3 Å². The minimum Gasteiger partial charge on any atom is -0.286 e. The summed E-state index contributed by atoms with van der Waals surface area (Å²) in [5.41, 5.74) is 0. The van der Waals surface area contributed by atoms with E-state index in [0.717, 1.165) is 0 Å². The van der Waals surface area contributed by atoms with Crippen molar-refractivity contribution in [3.63, 3.8) is 0 Å². The van der Waals surface area contributed by atoms with Gasteiger partial charge in [-0.2, -0.15) is 30.4 Å². The zero-order valence-corrected chi connectivity index (χ0v) is 10.2. The van der Waals surface area contributed by atoms with Crippen LogP contribution < -0.4 is 0 Å². The molecule has 1 N–H and O–H groups in total. The number of allylic oxidation sites excluding steroid dienone is 4. The zero-order valence-electron chi connectivity index (χ0n) is 9.39. The number of carbonyl (C=O) groups excluding carboxylic acids is 2. The third kappa shape index (κ3) is 6.52. The summed E-state index contributed by atoms with van der Waals surface area (Å²) >= 11 is 0. The molecule has 114 valence electrons. The molecular formula is C9H7F5O5S. The quantitative estimate of drug-likeness (QED) is 0.361. The zero-order chi connectivity index (χ0) is 16.2. The number of hydrogen-bond acceptors (Lipinski definition) is 4. The molecule has 5 nitrogen and oxygen atoms in total. The Balaban J connectivity index is 0.000000388. The number of rotatable bonds is 2. The standard InChI is InChI=1S/C6H4O2.C3H3F5O3S/c7-5-3-1-2-4-6(5)8;4-2(5,6)1-3(7,8)12(9,10)11/h1-4H;1H2,(H,9,10,11). The third-order valence-corrected chi connectivity index (χ3v) is 2.53. The van der Waals surface area contributed by atoms with Crippen molar-refractivity contribution >= 4 is 21.7 Å². The predicted molar refractivity (Wildman–Crippen MR) is 55.5 cm³/mol. The van der Waals surface area contributed by atoms with Gasteiger partial charge in [0.1, 0.15) is 6.42 Å². The lowest BCUT2D eigenvalue weighted by Gasteiger charge is -2.14. The molecule has 0 radical (unpaired) electrons. The van der Waals surface area contributed by atoms with E-state index in [2.05, 4.69) is 0 Å². The molecule has 0 saturated carbocycles. The molecule has 0 aliphatic heterocycles. The first-order valence-electron chi connectivity index (χ1n) is 4.61. The van der Waals surface area contributed by atoms with Gasteiger partial charge in [0.05, 0.1) is 0 Å². The van der Waals surface area contributed by atoms with E-state index in [1.165, 1.54) is 12.2 Å². The lowest BCUT2D eigenvalue weighted by Crippen LogP contribution is -2.33. The minimum atomic E-state index is -5.99. The van der Waals surface area contributed by atoms with Crippen LogP contribution in [0.2, 0.25) is 0 Å². The van der Waals surface area contributed by atoms with Gasteiger partial charge in [0.15, 0.2) is 0 Å². The predicted octanol–water partition coefficient (Wildman–Crippen LogP) is 1.67. The van der Waals surface area contributed by atoms with E-state index < -0.39 is 39.5 Å². The van der Waals surface area contributed by atoms with Gasteiger partial charge in [-0.05, 0) is 12.2 Å². The summed E-state index contributed by atoms with van der Waals surface area (Å²) in [6.07, 6.45) is -2.64. The second-order valence-electron chi connectivity index (χ2n) is 3.35. The molecule has 0 amide bonds. The van der Waals surface area contributed by atoms with Crippen LogP contribution in [-0.2, 0) is 19.7 Å². The first-order chi connectivity index (χ1) is 8.76. The van der Waals surface area contributed by atoms with E-state index in [4.69, 9.17) is 4.55 Å². The van der Waals surface area contributed by atoms with Crippen LogP contribution in [0.3, 0.4) is 0 Å². The van der Waals surface area contributed by atoms with Gasteiger partial charge in [0, 0.05) is 0 Å². The summed E-state index contributed by atoms with van der Waals surface area (Å²) < 4.78 is 84.3. The number of carbonyl (C=O) groups is 2. The normalized spacial score (nSPS) is 15.9. The van der Waals surface area contributed by atoms with Gasteiger partial charge in [0.2, 0.25) is 11.6 Å². The van der Waals surface area contributed by atoms with Crippen molar-refractivity contribution in [2.45, 2.75) is 17.9 Å². The van der Waals surface area contributed by atoms with Crippen molar-refractivity contribution in [1.29, 1.82) is 0 Å². The van der Waals surface area contributed by atoms with Crippen LogP contribution in [0.1, 0.15) is 6.42 Å². The maximum absolute atomic E-state index is 11.9. The van der Waals surface area contributed by atoms with Crippen LogP contribution >= 0.6 is 0 Å². The molecule has 1 aliphatic rings. The van der Waals surface area contributed by atoms with Crippen LogP contribution in [0.5, 0.6) is 0 Å². The Morgan fingerprint density at radius 3 is 1.45 bits per heavy atom. The van der Waals surface area contributed by atoms with Gasteiger partial charge in [-0.15, -0.1) is 0 Å². The lowest BCUT2D eigenvalue weighted by molar-refractivity contribution is -0.168. The van der Waals surface area contributed by atoms with Crippen LogP contribution in [0.4, 0.5) is 22.0 Å². The van der Waals surface area contributed by atoms with Crippen molar-refractivity contribution in [2.24, 2.45) is 0 Å². The molecule has 1 aliphatic carbocycles. The molecule has 0 heterocycles. The molecule has 0 bridgehead atoms. The molecule has 11 heteroatoms. The molecule has 0 aromatic heterocycles. The van der Waals surface area contributed by atoms with Gasteiger partial charge in [0.25, 0.3) is 0 Å². The summed E-state index contributed by atoms with van der Waals surface area (Å²) in [6, 6.07) is 0. The van der Waals surface area contributed by atoms with E-state index in [1.54, 1.807) is 12.2 Å². The van der Waals surface area contributed by atoms with Crippen molar-refractivity contribution in [3.8, 4) is 0 Å². The number of halogens is 5. The molecule has 0 aromatic rings. The summed E-state index contributed by atoms with van der Waals surface area (Å²) in [4.78, 5) is 20.6. The summed E-state index contributed by atoms with van der Waals surface area (Å²) in [6.45, 7) is 0. The Morgan fingerprint density at radius 1 is 0.950 bits per heavy atom. The van der Waals surface area contributed by atoms with Crippen LogP contribution in [0.15, 0.2) is 24.3 Å². The first-order valence-corrected chi connectivity index (χ1v) is 6.05. The third-order valence-electron chi connectivity index (χ3n) is 1.63. The Hall–Kier alpha value is -1.62. The second-order valence-corrected chi connectivity index (χ2v) is 4.90. The highest BCUT2D eigenvalue weighted by atomic mass is 32.2. The van der Waals surface area contributed by atoms with Crippen molar-refractivity contribution in [2.75, 3.05) is 0 Å². The molecular weight excluding hydrogens is 315 g/mol. The first kappa shape index (κ1) is 18.4. The van der Waals surface area contributed by atoms with Gasteiger partial charge in [-0.3, -0.25) is 14.1 Å². The maximum atomic E-state index is 11.9. The van der Waals surface area contributed by atoms with Crippen molar-refractivity contribution < 1.29 is 44.5 Å². The highest BCUT2D eigenvalue weighted by Gasteiger charge is 2.52. The number of alkyl halides is 5. The summed E-state index contributed by atoms with van der Waals surface area (Å²) in [7, 11) is -5.99. The van der Waals surface area contributed by atoms with E-state index in [-0.39, 0.29) is 0 Å². The van der Waals surface area contributed by atoms with E-state index >= 15 is 0 Å². The van der Waals surface area contributed by atoms with E-state index in [1.807, 2.05) is 0 Å². The second kappa shape index (κ2) is 6.22. The van der Waals surface area contributed by atoms with Gasteiger partial charge < -0.3 is 0 Å². The van der Waals surface area contributed by atoms with Gasteiger partial charge in [-0.1, -0.05) is 12.2 Å². The van der Waals surface area contributed by atoms with Gasteiger partial charge in [-0.25, -0.2) is 0 Å². The number of hydrogen-bond donors (Lipinski definition) is 1. The molecule has 20 heavy (non-hydrogen) atoms. The largest absolute Gasteiger partial charge is 0.396 e. The topological polar surface area (TPSA) is 88.5 Å². The smallest absolute Gasteiger partial charge is 0.286 e. The maximum Gasteiger partial charge on any atom is 0.396 e. The highest BCUT2D eigenvalue weighted by molar-refractivity contribution is 7.86. The molecule has 0 fully saturated rings.